The number of nitrogens with one attached hydrogen (secondary N) is 1. The molecule has 0 spiro atoms. The SMILES string of the molecule is COc1cc2c(cc1NC(=O)c1ccc3nonc3c1)CCCCC2. The first-order chi connectivity index (χ1) is 12.2. The van der Waals surface area contributed by atoms with Crippen LogP contribution >= 0.6 is 0 Å². The van der Waals surface area contributed by atoms with E-state index in [0.717, 1.165) is 12.8 Å². The Balaban J connectivity index is 1.64. The molecule has 1 aliphatic carbocycles. The largest absolute Gasteiger partial charge is 0.495 e. The number of anilines is 1. The number of carbonyl (C=O) groups excluding carboxylic acids is 1. The highest BCUT2D eigenvalue weighted by molar-refractivity contribution is 6.06. The molecule has 2 aromatic carbocycles. The van der Waals surface area contributed by atoms with Crippen molar-refractivity contribution in [3.8, 4) is 5.75 Å². The third-order valence-corrected chi connectivity index (χ3v) is 4.68. The predicted molar refractivity (Wildman–Crippen MR) is 94.0 cm³/mol. The molecular weight excluding hydrogens is 318 g/mol. The summed E-state index contributed by atoms with van der Waals surface area (Å²) in [6, 6.07) is 9.19. The zero-order valence-electron chi connectivity index (χ0n) is 14.0. The molecule has 1 amide bonds. The van der Waals surface area contributed by atoms with E-state index in [9.17, 15) is 4.79 Å². The maximum atomic E-state index is 12.6. The molecule has 6 heteroatoms. The quantitative estimate of drug-likeness (QED) is 0.737. The Hall–Kier alpha value is -2.89. The van der Waals surface area contributed by atoms with E-state index in [1.165, 1.54) is 30.4 Å². The standard InChI is InChI=1S/C19H19N3O3/c1-24-18-11-13-6-4-2-3-5-12(13)9-17(18)20-19(23)14-7-8-15-16(10-14)22-25-21-15/h7-11H,2-6H2,1H3,(H,20,23). The van der Waals surface area contributed by atoms with Gasteiger partial charge in [-0.1, -0.05) is 6.42 Å². The molecule has 0 unspecified atom stereocenters. The normalized spacial score (nSPS) is 14.0. The summed E-state index contributed by atoms with van der Waals surface area (Å²) in [4.78, 5) is 12.6. The first kappa shape index (κ1) is 15.6. The van der Waals surface area contributed by atoms with E-state index in [-0.39, 0.29) is 5.91 Å². The van der Waals surface area contributed by atoms with Crippen molar-refractivity contribution < 1.29 is 14.2 Å². The predicted octanol–water partition coefficient (Wildman–Crippen LogP) is 3.75. The van der Waals surface area contributed by atoms with Gasteiger partial charge in [0.25, 0.3) is 5.91 Å². The number of fused-ring (bicyclic) bond motifs is 2. The van der Waals surface area contributed by atoms with Crippen LogP contribution in [0.5, 0.6) is 5.75 Å². The van der Waals surface area contributed by atoms with Crippen molar-refractivity contribution in [2.24, 2.45) is 0 Å². The number of aromatic nitrogens is 2. The number of aryl methyl sites for hydroxylation is 2. The lowest BCUT2D eigenvalue weighted by Gasteiger charge is -2.15. The van der Waals surface area contributed by atoms with Crippen LogP contribution in [-0.4, -0.2) is 23.3 Å². The lowest BCUT2D eigenvalue weighted by atomic mass is 10.0. The minimum Gasteiger partial charge on any atom is -0.495 e. The molecule has 0 fully saturated rings. The van der Waals surface area contributed by atoms with Gasteiger partial charge in [-0.15, -0.1) is 0 Å². The summed E-state index contributed by atoms with van der Waals surface area (Å²) >= 11 is 0. The molecule has 1 N–H and O–H groups in total. The van der Waals surface area contributed by atoms with E-state index in [1.807, 2.05) is 6.07 Å². The van der Waals surface area contributed by atoms with Gasteiger partial charge in [-0.3, -0.25) is 4.79 Å². The molecule has 0 saturated heterocycles. The van der Waals surface area contributed by atoms with Gasteiger partial charge in [0.1, 0.15) is 16.8 Å². The van der Waals surface area contributed by atoms with Crippen molar-refractivity contribution in [1.82, 2.24) is 10.3 Å². The van der Waals surface area contributed by atoms with Gasteiger partial charge in [0, 0.05) is 5.56 Å². The van der Waals surface area contributed by atoms with Crippen molar-refractivity contribution >= 4 is 22.6 Å². The van der Waals surface area contributed by atoms with E-state index in [0.29, 0.717) is 28.0 Å². The number of rotatable bonds is 3. The van der Waals surface area contributed by atoms with Gasteiger partial charge < -0.3 is 10.1 Å². The van der Waals surface area contributed by atoms with Crippen LogP contribution < -0.4 is 10.1 Å². The van der Waals surface area contributed by atoms with Gasteiger partial charge in [-0.05, 0) is 77.5 Å². The zero-order valence-corrected chi connectivity index (χ0v) is 14.0. The molecule has 25 heavy (non-hydrogen) atoms. The van der Waals surface area contributed by atoms with Gasteiger partial charge in [-0.2, -0.15) is 0 Å². The number of nitrogens with zero attached hydrogens (tertiary/aromatic N) is 2. The first-order valence-electron chi connectivity index (χ1n) is 8.48. The molecule has 128 valence electrons. The Morgan fingerprint density at radius 2 is 1.80 bits per heavy atom. The third kappa shape index (κ3) is 3.07. The Bertz CT molecular complexity index is 933. The zero-order chi connectivity index (χ0) is 17.2. The van der Waals surface area contributed by atoms with Crippen LogP contribution in [0.3, 0.4) is 0 Å². The number of ether oxygens (including phenoxy) is 1. The fourth-order valence-corrected chi connectivity index (χ4v) is 3.32. The van der Waals surface area contributed by atoms with Gasteiger partial charge in [0.05, 0.1) is 12.8 Å². The van der Waals surface area contributed by atoms with Gasteiger partial charge in [-0.25, -0.2) is 4.63 Å². The fourth-order valence-electron chi connectivity index (χ4n) is 3.32. The second-order valence-corrected chi connectivity index (χ2v) is 6.30. The molecule has 4 rings (SSSR count). The minimum absolute atomic E-state index is 0.211. The monoisotopic (exact) mass is 337 g/mol. The number of carbonyl (C=O) groups is 1. The van der Waals surface area contributed by atoms with Gasteiger partial charge in [0.2, 0.25) is 0 Å². The fraction of sp³-hybridized carbons (Fsp3) is 0.316. The molecular formula is C19H19N3O3. The van der Waals surface area contributed by atoms with E-state index in [4.69, 9.17) is 4.74 Å². The first-order valence-corrected chi connectivity index (χ1v) is 8.48. The van der Waals surface area contributed by atoms with E-state index < -0.39 is 0 Å². The topological polar surface area (TPSA) is 77.2 Å². The van der Waals surface area contributed by atoms with Crippen LogP contribution in [0, 0.1) is 0 Å². The van der Waals surface area contributed by atoms with Crippen LogP contribution in [0.1, 0.15) is 40.7 Å². The molecule has 0 aliphatic heterocycles. The summed E-state index contributed by atoms with van der Waals surface area (Å²) in [6.45, 7) is 0. The Morgan fingerprint density at radius 3 is 2.60 bits per heavy atom. The Morgan fingerprint density at radius 1 is 1.04 bits per heavy atom. The van der Waals surface area contributed by atoms with Crippen LogP contribution in [0.4, 0.5) is 5.69 Å². The lowest BCUT2D eigenvalue weighted by Crippen LogP contribution is -2.13. The molecule has 0 bridgehead atoms. The van der Waals surface area contributed by atoms with Crippen molar-refractivity contribution in [3.05, 3.63) is 47.0 Å². The average molecular weight is 337 g/mol. The Labute approximate surface area is 145 Å². The molecule has 0 atom stereocenters. The number of methoxy groups -OCH3 is 1. The van der Waals surface area contributed by atoms with Gasteiger partial charge in [0.15, 0.2) is 0 Å². The number of benzene rings is 2. The molecule has 1 heterocycles. The van der Waals surface area contributed by atoms with E-state index >= 15 is 0 Å². The van der Waals surface area contributed by atoms with Crippen LogP contribution in [0.2, 0.25) is 0 Å². The minimum atomic E-state index is -0.211. The summed E-state index contributed by atoms with van der Waals surface area (Å²) in [5, 5.41) is 10.5. The van der Waals surface area contributed by atoms with Crippen LogP contribution in [0.25, 0.3) is 11.0 Å². The van der Waals surface area contributed by atoms with E-state index in [2.05, 4.69) is 26.3 Å². The second kappa shape index (κ2) is 6.55. The second-order valence-electron chi connectivity index (χ2n) is 6.30. The summed E-state index contributed by atoms with van der Waals surface area (Å²) < 4.78 is 10.2. The smallest absolute Gasteiger partial charge is 0.255 e. The highest BCUT2D eigenvalue weighted by Crippen LogP contribution is 2.32. The molecule has 6 nitrogen and oxygen atoms in total. The Kier molecular flexibility index (Phi) is 4.09. The molecule has 3 aromatic rings. The maximum absolute atomic E-state index is 12.6. The number of amides is 1. The molecule has 0 radical (unpaired) electrons. The summed E-state index contributed by atoms with van der Waals surface area (Å²) in [6.07, 6.45) is 5.73. The highest BCUT2D eigenvalue weighted by atomic mass is 16.6. The number of hydrogen-bond donors (Lipinski definition) is 1. The van der Waals surface area contributed by atoms with Crippen LogP contribution in [0.15, 0.2) is 35.0 Å². The van der Waals surface area contributed by atoms with Crippen molar-refractivity contribution in [2.75, 3.05) is 12.4 Å². The lowest BCUT2D eigenvalue weighted by molar-refractivity contribution is 0.102. The highest BCUT2D eigenvalue weighted by Gasteiger charge is 2.16. The third-order valence-electron chi connectivity index (χ3n) is 4.68. The van der Waals surface area contributed by atoms with Crippen LogP contribution in [-0.2, 0) is 12.8 Å². The maximum Gasteiger partial charge on any atom is 0.255 e. The molecule has 1 aromatic heterocycles. The van der Waals surface area contributed by atoms with Gasteiger partial charge >= 0.3 is 0 Å². The summed E-state index contributed by atoms with van der Waals surface area (Å²) in [7, 11) is 1.63. The van der Waals surface area contributed by atoms with Crippen molar-refractivity contribution in [1.29, 1.82) is 0 Å². The van der Waals surface area contributed by atoms with Crippen molar-refractivity contribution in [2.45, 2.75) is 32.1 Å². The number of hydrogen-bond acceptors (Lipinski definition) is 5. The van der Waals surface area contributed by atoms with Crippen molar-refractivity contribution in [3.63, 3.8) is 0 Å². The average Bonchev–Trinajstić information content (AvgIpc) is 2.98. The summed E-state index contributed by atoms with van der Waals surface area (Å²) in [5.41, 5.74) is 5.00. The van der Waals surface area contributed by atoms with E-state index in [1.54, 1.807) is 25.3 Å². The molecule has 1 aliphatic rings. The molecule has 0 saturated carbocycles. The summed E-state index contributed by atoms with van der Waals surface area (Å²) in [5.74, 6) is 0.481.